The van der Waals surface area contributed by atoms with Crippen LogP contribution >= 0.6 is 11.8 Å². The molecule has 1 aliphatic heterocycles. The molecule has 18 heavy (non-hydrogen) atoms. The number of nitrogens with one attached hydrogen (secondary N) is 1. The van der Waals surface area contributed by atoms with E-state index in [-0.39, 0.29) is 5.54 Å². The number of hydrogen-bond donors (Lipinski definition) is 1. The zero-order valence-electron chi connectivity index (χ0n) is 11.1. The Kier molecular flexibility index (Phi) is 4.64. The van der Waals surface area contributed by atoms with Gasteiger partial charge in [-0.25, -0.2) is 0 Å². The number of thioether (sulfide) groups is 1. The first kappa shape index (κ1) is 13.4. The SMILES string of the molecule is CCC1(C)CCSC(=NCCc2ccccn2)N1. The van der Waals surface area contributed by atoms with Crippen molar-refractivity contribution in [1.29, 1.82) is 0 Å². The highest BCUT2D eigenvalue weighted by Crippen LogP contribution is 2.24. The van der Waals surface area contributed by atoms with Crippen LogP contribution in [0.5, 0.6) is 0 Å². The van der Waals surface area contributed by atoms with Gasteiger partial charge in [0.15, 0.2) is 5.17 Å². The van der Waals surface area contributed by atoms with Crippen molar-refractivity contribution in [2.45, 2.75) is 38.6 Å². The Bertz CT molecular complexity index is 405. The molecule has 1 aromatic rings. The van der Waals surface area contributed by atoms with E-state index in [0.29, 0.717) is 0 Å². The molecule has 1 atom stereocenters. The van der Waals surface area contributed by atoms with Crippen LogP contribution in [-0.2, 0) is 6.42 Å². The van der Waals surface area contributed by atoms with E-state index in [9.17, 15) is 0 Å². The maximum atomic E-state index is 4.65. The zero-order chi connectivity index (χ0) is 12.8. The molecular formula is C14H21N3S. The number of pyridine rings is 1. The Morgan fingerprint density at radius 2 is 2.39 bits per heavy atom. The molecule has 0 spiro atoms. The van der Waals surface area contributed by atoms with Crippen LogP contribution < -0.4 is 5.32 Å². The summed E-state index contributed by atoms with van der Waals surface area (Å²) in [4.78, 5) is 8.96. The van der Waals surface area contributed by atoms with Crippen molar-refractivity contribution in [2.75, 3.05) is 12.3 Å². The molecule has 0 aromatic carbocycles. The van der Waals surface area contributed by atoms with Crippen LogP contribution in [-0.4, -0.2) is 28.0 Å². The third-order valence-electron chi connectivity index (χ3n) is 3.43. The van der Waals surface area contributed by atoms with Gasteiger partial charge in [-0.05, 0) is 31.9 Å². The fourth-order valence-electron chi connectivity index (χ4n) is 1.90. The van der Waals surface area contributed by atoms with Gasteiger partial charge in [0.2, 0.25) is 0 Å². The Labute approximate surface area is 113 Å². The van der Waals surface area contributed by atoms with E-state index in [4.69, 9.17) is 0 Å². The lowest BCUT2D eigenvalue weighted by atomic mass is 9.96. The average Bonchev–Trinajstić information content (AvgIpc) is 2.40. The van der Waals surface area contributed by atoms with Gasteiger partial charge in [0.1, 0.15) is 0 Å². The number of amidine groups is 1. The first-order chi connectivity index (χ1) is 8.72. The summed E-state index contributed by atoms with van der Waals surface area (Å²) < 4.78 is 0. The molecule has 3 nitrogen and oxygen atoms in total. The third kappa shape index (κ3) is 3.73. The Balaban J connectivity index is 1.86. The van der Waals surface area contributed by atoms with E-state index >= 15 is 0 Å². The maximum absolute atomic E-state index is 4.65. The molecular weight excluding hydrogens is 242 g/mol. The van der Waals surface area contributed by atoms with Crippen LogP contribution in [0.4, 0.5) is 0 Å². The van der Waals surface area contributed by atoms with Crippen LogP contribution in [0.15, 0.2) is 29.4 Å². The standard InChI is InChI=1S/C14H21N3S/c1-3-14(2)8-11-18-13(17-14)16-10-7-12-6-4-5-9-15-12/h4-6,9H,3,7-8,10-11H2,1-2H3,(H,16,17). The van der Waals surface area contributed by atoms with Crippen molar-refractivity contribution < 1.29 is 0 Å². The lowest BCUT2D eigenvalue weighted by Crippen LogP contribution is -2.48. The third-order valence-corrected chi connectivity index (χ3v) is 4.34. The fourth-order valence-corrected chi connectivity index (χ4v) is 3.15. The maximum Gasteiger partial charge on any atom is 0.156 e. The minimum atomic E-state index is 0.231. The van der Waals surface area contributed by atoms with E-state index in [2.05, 4.69) is 35.2 Å². The smallest absolute Gasteiger partial charge is 0.156 e. The summed E-state index contributed by atoms with van der Waals surface area (Å²) >= 11 is 1.83. The van der Waals surface area contributed by atoms with Crippen molar-refractivity contribution in [3.63, 3.8) is 0 Å². The Morgan fingerprint density at radius 3 is 3.11 bits per heavy atom. The van der Waals surface area contributed by atoms with Gasteiger partial charge in [-0.1, -0.05) is 24.8 Å². The van der Waals surface area contributed by atoms with Crippen molar-refractivity contribution in [1.82, 2.24) is 10.3 Å². The molecule has 0 bridgehead atoms. The van der Waals surface area contributed by atoms with Gasteiger partial charge in [0, 0.05) is 36.1 Å². The van der Waals surface area contributed by atoms with Gasteiger partial charge < -0.3 is 5.32 Å². The Hall–Kier alpha value is -1.03. The molecule has 1 fully saturated rings. The highest BCUT2D eigenvalue weighted by Gasteiger charge is 2.27. The van der Waals surface area contributed by atoms with Crippen molar-refractivity contribution in [3.8, 4) is 0 Å². The first-order valence-electron chi connectivity index (χ1n) is 6.57. The Morgan fingerprint density at radius 1 is 1.50 bits per heavy atom. The predicted octanol–water partition coefficient (Wildman–Crippen LogP) is 2.88. The van der Waals surface area contributed by atoms with Gasteiger partial charge in [0.25, 0.3) is 0 Å². The van der Waals surface area contributed by atoms with Crippen molar-refractivity contribution in [2.24, 2.45) is 4.99 Å². The monoisotopic (exact) mass is 263 g/mol. The molecule has 1 saturated heterocycles. The van der Waals surface area contributed by atoms with Crippen LogP contribution in [0.25, 0.3) is 0 Å². The summed E-state index contributed by atoms with van der Waals surface area (Å²) in [7, 11) is 0. The van der Waals surface area contributed by atoms with Crippen LogP contribution in [0, 0.1) is 0 Å². The normalized spacial score (nSPS) is 26.0. The molecule has 0 amide bonds. The van der Waals surface area contributed by atoms with E-state index in [1.165, 1.54) is 12.2 Å². The summed E-state index contributed by atoms with van der Waals surface area (Å²) in [6.07, 6.45) is 5.11. The van der Waals surface area contributed by atoms with Gasteiger partial charge >= 0.3 is 0 Å². The van der Waals surface area contributed by atoms with Gasteiger partial charge in [-0.2, -0.15) is 0 Å². The van der Waals surface area contributed by atoms with Gasteiger partial charge in [0.05, 0.1) is 0 Å². The van der Waals surface area contributed by atoms with E-state index in [0.717, 1.165) is 30.2 Å². The number of aromatic nitrogens is 1. The number of nitrogens with zero attached hydrogens (tertiary/aromatic N) is 2. The molecule has 1 aromatic heterocycles. The van der Waals surface area contributed by atoms with Gasteiger partial charge in [-0.15, -0.1) is 0 Å². The first-order valence-corrected chi connectivity index (χ1v) is 7.56. The molecule has 98 valence electrons. The highest BCUT2D eigenvalue weighted by molar-refractivity contribution is 8.13. The van der Waals surface area contributed by atoms with Crippen LogP contribution in [0.2, 0.25) is 0 Å². The second kappa shape index (κ2) is 6.23. The average molecular weight is 263 g/mol. The topological polar surface area (TPSA) is 37.3 Å². The molecule has 0 radical (unpaired) electrons. The second-order valence-corrected chi connectivity index (χ2v) is 5.98. The zero-order valence-corrected chi connectivity index (χ0v) is 12.0. The number of hydrogen-bond acceptors (Lipinski definition) is 3. The summed E-state index contributed by atoms with van der Waals surface area (Å²) in [6.45, 7) is 5.32. The minimum Gasteiger partial charge on any atom is -0.360 e. The summed E-state index contributed by atoms with van der Waals surface area (Å²) in [5.41, 5.74) is 1.34. The highest BCUT2D eigenvalue weighted by atomic mass is 32.2. The van der Waals surface area contributed by atoms with Gasteiger partial charge in [-0.3, -0.25) is 9.98 Å². The van der Waals surface area contributed by atoms with Crippen LogP contribution in [0.1, 0.15) is 32.4 Å². The summed E-state index contributed by atoms with van der Waals surface area (Å²) in [5.74, 6) is 1.17. The molecule has 0 saturated carbocycles. The molecule has 1 unspecified atom stereocenters. The molecule has 0 aliphatic carbocycles. The fraction of sp³-hybridized carbons (Fsp3) is 0.571. The van der Waals surface area contributed by atoms with Crippen LogP contribution in [0.3, 0.4) is 0 Å². The quantitative estimate of drug-likeness (QED) is 0.907. The summed E-state index contributed by atoms with van der Waals surface area (Å²) in [6, 6.07) is 6.02. The van der Waals surface area contributed by atoms with Crippen molar-refractivity contribution in [3.05, 3.63) is 30.1 Å². The molecule has 2 heterocycles. The lowest BCUT2D eigenvalue weighted by molar-refractivity contribution is 0.390. The largest absolute Gasteiger partial charge is 0.360 e. The second-order valence-electron chi connectivity index (χ2n) is 4.90. The number of rotatable bonds is 4. The van der Waals surface area contributed by atoms with E-state index < -0.39 is 0 Å². The minimum absolute atomic E-state index is 0.231. The molecule has 1 aliphatic rings. The van der Waals surface area contributed by atoms with E-state index in [1.807, 2.05) is 30.1 Å². The lowest BCUT2D eigenvalue weighted by Gasteiger charge is -2.35. The predicted molar refractivity (Wildman–Crippen MR) is 79.1 cm³/mol. The van der Waals surface area contributed by atoms with E-state index in [1.54, 1.807) is 0 Å². The molecule has 1 N–H and O–H groups in total. The molecule has 4 heteroatoms. The number of aliphatic imine (C=N–C) groups is 1. The van der Waals surface area contributed by atoms with Crippen molar-refractivity contribution >= 4 is 16.9 Å². The summed E-state index contributed by atoms with van der Waals surface area (Å²) in [5, 5.41) is 4.66. The molecule has 2 rings (SSSR count).